The zero-order chi connectivity index (χ0) is 20.8. The molecule has 7 nitrogen and oxygen atoms in total. The maximum absolute atomic E-state index is 13.5. The molecule has 0 spiro atoms. The third kappa shape index (κ3) is 2.48. The van der Waals surface area contributed by atoms with Crippen LogP contribution in [0.5, 0.6) is 11.5 Å². The second-order valence-corrected chi connectivity index (χ2v) is 7.03. The number of anilines is 1. The van der Waals surface area contributed by atoms with Crippen LogP contribution in [0.4, 0.5) is 5.69 Å². The van der Waals surface area contributed by atoms with E-state index in [-0.39, 0.29) is 5.91 Å². The summed E-state index contributed by atoms with van der Waals surface area (Å²) in [6, 6.07) is 18.4. The Bertz CT molecular complexity index is 1210. The lowest BCUT2D eigenvalue weighted by molar-refractivity contribution is -0.126. The Kier molecular flexibility index (Phi) is 4.17. The largest absolute Gasteiger partial charge is 0.493 e. The summed E-state index contributed by atoms with van der Waals surface area (Å²) in [4.78, 5) is 33.2. The standard InChI is InChI=1S/C23H18N2O5/c1-28-17-12-6-10-15(20(17)29-2)19-18-21(30-24-19)23(27)25(22(18)26)16-11-5-8-13-7-3-4-9-14(13)16/h3-12,18,21H,1-2H3/t18-,21+/m1/s1. The molecule has 7 heteroatoms. The molecule has 0 saturated carbocycles. The van der Waals surface area contributed by atoms with Crippen LogP contribution in [-0.2, 0) is 14.4 Å². The van der Waals surface area contributed by atoms with Crippen LogP contribution in [-0.4, -0.2) is 37.8 Å². The van der Waals surface area contributed by atoms with Gasteiger partial charge in [-0.1, -0.05) is 47.6 Å². The van der Waals surface area contributed by atoms with Crippen molar-refractivity contribution < 1.29 is 23.9 Å². The smallest absolute Gasteiger partial charge is 0.278 e. The first-order valence-electron chi connectivity index (χ1n) is 9.46. The fourth-order valence-corrected chi connectivity index (χ4v) is 4.13. The minimum Gasteiger partial charge on any atom is -0.493 e. The van der Waals surface area contributed by atoms with Crippen LogP contribution in [0.25, 0.3) is 10.8 Å². The van der Waals surface area contributed by atoms with E-state index in [2.05, 4.69) is 5.16 Å². The fraction of sp³-hybridized carbons (Fsp3) is 0.174. The first kappa shape index (κ1) is 18.2. The average Bonchev–Trinajstić information content (AvgIpc) is 3.32. The molecule has 150 valence electrons. The van der Waals surface area contributed by atoms with Crippen molar-refractivity contribution in [1.82, 2.24) is 0 Å². The first-order valence-corrected chi connectivity index (χ1v) is 9.46. The van der Waals surface area contributed by atoms with Crippen molar-refractivity contribution in [3.63, 3.8) is 0 Å². The Morgan fingerprint density at radius 2 is 1.67 bits per heavy atom. The van der Waals surface area contributed by atoms with Crippen molar-refractivity contribution >= 4 is 34.0 Å². The molecule has 30 heavy (non-hydrogen) atoms. The molecule has 0 bridgehead atoms. The summed E-state index contributed by atoms with van der Waals surface area (Å²) in [7, 11) is 3.04. The molecule has 2 amide bonds. The van der Waals surface area contributed by atoms with Gasteiger partial charge in [0.1, 0.15) is 11.6 Å². The van der Waals surface area contributed by atoms with E-state index in [1.165, 1.54) is 19.1 Å². The van der Waals surface area contributed by atoms with E-state index in [9.17, 15) is 9.59 Å². The van der Waals surface area contributed by atoms with Gasteiger partial charge < -0.3 is 14.3 Å². The van der Waals surface area contributed by atoms with Crippen LogP contribution in [0.2, 0.25) is 0 Å². The Balaban J connectivity index is 1.59. The quantitative estimate of drug-likeness (QED) is 0.627. The van der Waals surface area contributed by atoms with Crippen LogP contribution < -0.4 is 14.4 Å². The maximum Gasteiger partial charge on any atom is 0.278 e. The van der Waals surface area contributed by atoms with Crippen LogP contribution in [0, 0.1) is 5.92 Å². The first-order chi connectivity index (χ1) is 14.7. The number of imide groups is 1. The number of para-hydroxylation sites is 1. The number of hydrogen-bond acceptors (Lipinski definition) is 6. The molecule has 0 unspecified atom stereocenters. The number of oxime groups is 1. The van der Waals surface area contributed by atoms with Gasteiger partial charge in [-0.2, -0.15) is 0 Å². The molecule has 2 aliphatic rings. The van der Waals surface area contributed by atoms with Gasteiger partial charge in [0.15, 0.2) is 11.5 Å². The van der Waals surface area contributed by atoms with E-state index in [0.717, 1.165) is 10.8 Å². The van der Waals surface area contributed by atoms with Gasteiger partial charge in [0.25, 0.3) is 5.91 Å². The van der Waals surface area contributed by atoms with E-state index in [1.54, 1.807) is 24.3 Å². The molecule has 0 aromatic heterocycles. The molecule has 0 aliphatic carbocycles. The molecule has 0 radical (unpaired) electrons. The SMILES string of the molecule is COc1cccc(C2=NO[C@@H]3C(=O)N(c4cccc5ccccc45)C(=O)[C@H]23)c1OC. The highest BCUT2D eigenvalue weighted by atomic mass is 16.7. The summed E-state index contributed by atoms with van der Waals surface area (Å²) in [6.07, 6.45) is -0.998. The van der Waals surface area contributed by atoms with Crippen molar-refractivity contribution in [3.8, 4) is 11.5 Å². The second kappa shape index (κ2) is 6.88. The van der Waals surface area contributed by atoms with Gasteiger partial charge in [0.05, 0.1) is 19.9 Å². The number of ether oxygens (including phenoxy) is 2. The van der Waals surface area contributed by atoms with E-state index >= 15 is 0 Å². The molecule has 1 fully saturated rings. The van der Waals surface area contributed by atoms with Gasteiger partial charge in [0, 0.05) is 10.9 Å². The lowest BCUT2D eigenvalue weighted by atomic mass is 9.93. The average molecular weight is 402 g/mol. The molecular formula is C23H18N2O5. The van der Waals surface area contributed by atoms with Gasteiger partial charge in [-0.25, -0.2) is 4.90 Å². The summed E-state index contributed by atoms with van der Waals surface area (Å²) in [5.74, 6) is -0.711. The highest BCUT2D eigenvalue weighted by Gasteiger charge is 2.56. The Hall–Kier alpha value is -3.87. The van der Waals surface area contributed by atoms with Crippen molar-refractivity contribution in [2.75, 3.05) is 19.1 Å². The van der Waals surface area contributed by atoms with E-state index in [1.807, 2.05) is 36.4 Å². The number of carbonyl (C=O) groups excluding carboxylic acids is 2. The van der Waals surface area contributed by atoms with Gasteiger partial charge in [0.2, 0.25) is 12.0 Å². The van der Waals surface area contributed by atoms with E-state index in [0.29, 0.717) is 28.5 Å². The molecule has 0 N–H and O–H groups in total. The monoisotopic (exact) mass is 402 g/mol. The highest BCUT2D eigenvalue weighted by Crippen LogP contribution is 2.41. The third-order valence-corrected chi connectivity index (χ3v) is 5.50. The zero-order valence-corrected chi connectivity index (χ0v) is 16.4. The van der Waals surface area contributed by atoms with Gasteiger partial charge >= 0.3 is 0 Å². The number of amides is 2. The number of methoxy groups -OCH3 is 2. The van der Waals surface area contributed by atoms with Crippen LogP contribution >= 0.6 is 0 Å². The summed E-state index contributed by atoms with van der Waals surface area (Å²) in [6.45, 7) is 0. The van der Waals surface area contributed by atoms with Crippen LogP contribution in [0.3, 0.4) is 0 Å². The summed E-state index contributed by atoms with van der Waals surface area (Å²) >= 11 is 0. The second-order valence-electron chi connectivity index (χ2n) is 7.03. The molecule has 3 aromatic carbocycles. The molecule has 2 aliphatic heterocycles. The molecular weight excluding hydrogens is 384 g/mol. The third-order valence-electron chi connectivity index (χ3n) is 5.50. The summed E-state index contributed by atoms with van der Waals surface area (Å²) in [5, 5.41) is 5.84. The number of carbonyl (C=O) groups is 2. The predicted octanol–water partition coefficient (Wildman–Crippen LogP) is 3.15. The Morgan fingerprint density at radius 1 is 0.900 bits per heavy atom. The maximum atomic E-state index is 13.5. The molecule has 2 heterocycles. The van der Waals surface area contributed by atoms with Crippen molar-refractivity contribution in [3.05, 3.63) is 66.2 Å². The minimum absolute atomic E-state index is 0.358. The van der Waals surface area contributed by atoms with E-state index < -0.39 is 17.9 Å². The van der Waals surface area contributed by atoms with Gasteiger partial charge in [-0.15, -0.1) is 0 Å². The van der Waals surface area contributed by atoms with Crippen LogP contribution in [0.1, 0.15) is 5.56 Å². The topological polar surface area (TPSA) is 77.4 Å². The Labute approximate surface area is 172 Å². The normalized spacial score (nSPS) is 20.2. The predicted molar refractivity (Wildman–Crippen MR) is 111 cm³/mol. The number of hydrogen-bond donors (Lipinski definition) is 0. The number of benzene rings is 3. The highest BCUT2D eigenvalue weighted by molar-refractivity contribution is 6.34. The van der Waals surface area contributed by atoms with Gasteiger partial charge in [-0.3, -0.25) is 9.59 Å². The van der Waals surface area contributed by atoms with Crippen LogP contribution in [0.15, 0.2) is 65.8 Å². The number of fused-ring (bicyclic) bond motifs is 2. The van der Waals surface area contributed by atoms with E-state index in [4.69, 9.17) is 14.3 Å². The van der Waals surface area contributed by atoms with Crippen molar-refractivity contribution in [1.29, 1.82) is 0 Å². The number of rotatable bonds is 4. The summed E-state index contributed by atoms with van der Waals surface area (Å²) < 4.78 is 10.8. The van der Waals surface area contributed by atoms with Crippen molar-refractivity contribution in [2.24, 2.45) is 11.1 Å². The minimum atomic E-state index is -0.998. The van der Waals surface area contributed by atoms with Gasteiger partial charge in [-0.05, 0) is 23.6 Å². The molecule has 3 aromatic rings. The number of nitrogens with zero attached hydrogens (tertiary/aromatic N) is 2. The zero-order valence-electron chi connectivity index (χ0n) is 16.4. The fourth-order valence-electron chi connectivity index (χ4n) is 4.13. The lowest BCUT2D eigenvalue weighted by Gasteiger charge is -2.18. The molecule has 2 atom stereocenters. The molecule has 5 rings (SSSR count). The summed E-state index contributed by atoms with van der Waals surface area (Å²) in [5.41, 5.74) is 1.46. The lowest BCUT2D eigenvalue weighted by Crippen LogP contribution is -2.33. The molecule has 1 saturated heterocycles. The van der Waals surface area contributed by atoms with Crippen molar-refractivity contribution in [2.45, 2.75) is 6.10 Å². The Morgan fingerprint density at radius 3 is 2.47 bits per heavy atom.